The first-order valence-corrected chi connectivity index (χ1v) is 5.72. The number of carboxylic acid groups (broad SMARTS) is 1. The summed E-state index contributed by atoms with van der Waals surface area (Å²) in [6.07, 6.45) is 1.38. The van der Waals surface area contributed by atoms with Crippen LogP contribution in [-0.4, -0.2) is 28.0 Å². The van der Waals surface area contributed by atoms with Crippen LogP contribution < -0.4 is 4.74 Å². The van der Waals surface area contributed by atoms with Crippen molar-refractivity contribution in [3.63, 3.8) is 0 Å². The number of methoxy groups -OCH3 is 1. The Labute approximate surface area is 109 Å². The van der Waals surface area contributed by atoms with Crippen LogP contribution in [0.25, 0.3) is 11.3 Å². The number of benzene rings is 1. The highest BCUT2D eigenvalue weighted by Gasteiger charge is 2.22. The zero-order chi connectivity index (χ0) is 14.0. The fourth-order valence-corrected chi connectivity index (χ4v) is 1.83. The van der Waals surface area contributed by atoms with Gasteiger partial charge in [0.1, 0.15) is 22.8 Å². The quantitative estimate of drug-likeness (QED) is 0.921. The summed E-state index contributed by atoms with van der Waals surface area (Å²) in [6, 6.07) is 4.30. The molecule has 0 radical (unpaired) electrons. The summed E-state index contributed by atoms with van der Waals surface area (Å²) in [5.74, 6) is -1.47. The maximum Gasteiger partial charge on any atom is 0.339 e. The van der Waals surface area contributed by atoms with Crippen molar-refractivity contribution in [2.45, 2.75) is 13.5 Å². The summed E-state index contributed by atoms with van der Waals surface area (Å²) >= 11 is 0. The maximum atomic E-state index is 14.0. The lowest BCUT2D eigenvalue weighted by Crippen LogP contribution is -2.00. The lowest BCUT2D eigenvalue weighted by atomic mass is 10.1. The highest BCUT2D eigenvalue weighted by Crippen LogP contribution is 2.33. The summed E-state index contributed by atoms with van der Waals surface area (Å²) < 4.78 is 20.5. The molecule has 0 saturated heterocycles. The van der Waals surface area contributed by atoms with Crippen LogP contribution in [0.3, 0.4) is 0 Å². The fraction of sp³-hybridized carbons (Fsp3) is 0.231. The molecule has 2 rings (SSSR count). The van der Waals surface area contributed by atoms with Crippen LogP contribution in [0.4, 0.5) is 4.39 Å². The summed E-state index contributed by atoms with van der Waals surface area (Å²) in [7, 11) is 1.40. The van der Waals surface area contributed by atoms with Crippen LogP contribution in [-0.2, 0) is 6.54 Å². The van der Waals surface area contributed by atoms with Gasteiger partial charge in [-0.15, -0.1) is 0 Å². The average molecular weight is 264 g/mol. The standard InChI is InChI=1S/C13H13FN2O3/c1-3-16-7-8(13(17)18)12(15-16)11-9(14)5-4-6-10(11)19-2/h4-7H,3H2,1-2H3,(H,17,18). The molecule has 5 nitrogen and oxygen atoms in total. The summed E-state index contributed by atoms with van der Waals surface area (Å²) in [6.45, 7) is 2.32. The second-order valence-corrected chi connectivity index (χ2v) is 3.87. The number of hydrogen-bond acceptors (Lipinski definition) is 3. The zero-order valence-electron chi connectivity index (χ0n) is 10.6. The van der Waals surface area contributed by atoms with E-state index in [1.807, 2.05) is 6.92 Å². The molecule has 0 spiro atoms. The predicted octanol–water partition coefficient (Wildman–Crippen LogP) is 2.42. The molecule has 6 heteroatoms. The number of hydrogen-bond donors (Lipinski definition) is 1. The minimum absolute atomic E-state index is 0.0507. The third kappa shape index (κ3) is 2.29. The number of aryl methyl sites for hydroxylation is 1. The van der Waals surface area contributed by atoms with E-state index in [1.54, 1.807) is 6.07 Å². The molecule has 1 N–H and O–H groups in total. The Morgan fingerprint density at radius 2 is 2.26 bits per heavy atom. The van der Waals surface area contributed by atoms with Gasteiger partial charge in [0.15, 0.2) is 0 Å². The van der Waals surface area contributed by atoms with Gasteiger partial charge in [-0.05, 0) is 19.1 Å². The number of nitrogens with zero attached hydrogens (tertiary/aromatic N) is 2. The molecule has 100 valence electrons. The lowest BCUT2D eigenvalue weighted by molar-refractivity contribution is 0.0697. The van der Waals surface area contributed by atoms with Gasteiger partial charge < -0.3 is 9.84 Å². The van der Waals surface area contributed by atoms with Crippen LogP contribution in [0.5, 0.6) is 5.75 Å². The van der Waals surface area contributed by atoms with Gasteiger partial charge >= 0.3 is 5.97 Å². The van der Waals surface area contributed by atoms with E-state index in [0.29, 0.717) is 6.54 Å². The molecule has 0 aliphatic rings. The van der Waals surface area contributed by atoms with E-state index < -0.39 is 11.8 Å². The molecule has 1 aromatic heterocycles. The van der Waals surface area contributed by atoms with Gasteiger partial charge in [0.2, 0.25) is 0 Å². The highest BCUT2D eigenvalue weighted by molar-refractivity contribution is 5.95. The van der Waals surface area contributed by atoms with Gasteiger partial charge in [0.25, 0.3) is 0 Å². The van der Waals surface area contributed by atoms with Crippen molar-refractivity contribution in [2.24, 2.45) is 0 Å². The van der Waals surface area contributed by atoms with E-state index in [2.05, 4.69) is 5.10 Å². The molecule has 0 unspecified atom stereocenters. The average Bonchev–Trinajstić information content (AvgIpc) is 2.82. The monoisotopic (exact) mass is 264 g/mol. The minimum atomic E-state index is -1.15. The molecule has 0 aliphatic carbocycles. The van der Waals surface area contributed by atoms with E-state index in [-0.39, 0.29) is 22.6 Å². The molecule has 2 aromatic rings. The summed E-state index contributed by atoms with van der Waals surface area (Å²) in [5.41, 5.74) is 0.0872. The van der Waals surface area contributed by atoms with Gasteiger partial charge in [-0.2, -0.15) is 5.10 Å². The summed E-state index contributed by atoms with van der Waals surface area (Å²) in [4.78, 5) is 11.2. The van der Waals surface area contributed by atoms with Gasteiger partial charge in [-0.25, -0.2) is 9.18 Å². The highest BCUT2D eigenvalue weighted by atomic mass is 19.1. The zero-order valence-corrected chi connectivity index (χ0v) is 10.6. The largest absolute Gasteiger partial charge is 0.496 e. The Balaban J connectivity index is 2.71. The second kappa shape index (κ2) is 5.09. The van der Waals surface area contributed by atoms with E-state index in [1.165, 1.54) is 30.1 Å². The molecule has 19 heavy (non-hydrogen) atoms. The molecule has 0 atom stereocenters. The molecule has 0 aliphatic heterocycles. The number of carboxylic acids is 1. The van der Waals surface area contributed by atoms with E-state index in [0.717, 1.165) is 0 Å². The molecule has 0 fully saturated rings. The molecule has 0 bridgehead atoms. The smallest absolute Gasteiger partial charge is 0.339 e. The first kappa shape index (κ1) is 13.1. The van der Waals surface area contributed by atoms with Crippen LogP contribution >= 0.6 is 0 Å². The normalized spacial score (nSPS) is 10.5. The third-order valence-corrected chi connectivity index (χ3v) is 2.75. The molecule has 1 heterocycles. The van der Waals surface area contributed by atoms with Gasteiger partial charge in [0, 0.05) is 12.7 Å². The molecular weight excluding hydrogens is 251 g/mol. The number of aromatic nitrogens is 2. The Hall–Kier alpha value is -2.37. The Bertz CT molecular complexity index is 622. The predicted molar refractivity (Wildman–Crippen MR) is 66.8 cm³/mol. The first-order chi connectivity index (χ1) is 9.08. The molecule has 0 amide bonds. The first-order valence-electron chi connectivity index (χ1n) is 5.72. The van der Waals surface area contributed by atoms with Crippen molar-refractivity contribution >= 4 is 5.97 Å². The second-order valence-electron chi connectivity index (χ2n) is 3.87. The van der Waals surface area contributed by atoms with Crippen LogP contribution in [0.1, 0.15) is 17.3 Å². The summed E-state index contributed by atoms with van der Waals surface area (Å²) in [5, 5.41) is 13.3. The molecule has 1 aromatic carbocycles. The lowest BCUT2D eigenvalue weighted by Gasteiger charge is -2.07. The maximum absolute atomic E-state index is 14.0. The number of rotatable bonds is 4. The topological polar surface area (TPSA) is 64.4 Å². The number of ether oxygens (including phenoxy) is 1. The van der Waals surface area contributed by atoms with Crippen molar-refractivity contribution in [1.82, 2.24) is 9.78 Å². The van der Waals surface area contributed by atoms with E-state index >= 15 is 0 Å². The number of halogens is 1. The Morgan fingerprint density at radius 3 is 2.84 bits per heavy atom. The third-order valence-electron chi connectivity index (χ3n) is 2.75. The minimum Gasteiger partial charge on any atom is -0.496 e. The van der Waals surface area contributed by atoms with Gasteiger partial charge in [-0.3, -0.25) is 4.68 Å². The van der Waals surface area contributed by atoms with Gasteiger partial charge in [0.05, 0.1) is 12.7 Å². The van der Waals surface area contributed by atoms with Crippen molar-refractivity contribution in [3.8, 4) is 17.0 Å². The van der Waals surface area contributed by atoms with E-state index in [9.17, 15) is 14.3 Å². The van der Waals surface area contributed by atoms with Crippen LogP contribution in [0.2, 0.25) is 0 Å². The van der Waals surface area contributed by atoms with Crippen molar-refractivity contribution in [3.05, 3.63) is 35.8 Å². The SMILES string of the molecule is CCn1cc(C(=O)O)c(-c2c(F)cccc2OC)n1. The van der Waals surface area contributed by atoms with Crippen molar-refractivity contribution in [2.75, 3.05) is 7.11 Å². The van der Waals surface area contributed by atoms with Crippen LogP contribution in [0, 0.1) is 5.82 Å². The van der Waals surface area contributed by atoms with Gasteiger partial charge in [-0.1, -0.05) is 6.07 Å². The molecule has 0 saturated carbocycles. The van der Waals surface area contributed by atoms with Crippen LogP contribution in [0.15, 0.2) is 24.4 Å². The van der Waals surface area contributed by atoms with Crippen molar-refractivity contribution in [1.29, 1.82) is 0 Å². The molecular formula is C13H13FN2O3. The fourth-order valence-electron chi connectivity index (χ4n) is 1.83. The Kier molecular flexibility index (Phi) is 3.50. The number of carbonyl (C=O) groups is 1. The Morgan fingerprint density at radius 1 is 1.53 bits per heavy atom. The van der Waals surface area contributed by atoms with Crippen molar-refractivity contribution < 1.29 is 19.0 Å². The van der Waals surface area contributed by atoms with E-state index in [4.69, 9.17) is 4.74 Å². The number of aromatic carboxylic acids is 1.